The van der Waals surface area contributed by atoms with Crippen LogP contribution in [0.1, 0.15) is 16.8 Å². The Balaban J connectivity index is 1.52. The molecule has 37 heavy (non-hydrogen) atoms. The molecule has 4 rings (SSSR count). The monoisotopic (exact) mass is 511 g/mol. The van der Waals surface area contributed by atoms with E-state index in [-0.39, 0.29) is 5.82 Å². The zero-order valence-electron chi connectivity index (χ0n) is 20.7. The molecule has 0 atom stereocenters. The van der Waals surface area contributed by atoms with E-state index >= 15 is 0 Å². The first-order valence-electron chi connectivity index (χ1n) is 11.9. The highest BCUT2D eigenvalue weighted by atomic mass is 19.4. The van der Waals surface area contributed by atoms with Crippen molar-refractivity contribution in [1.29, 1.82) is 0 Å². The van der Waals surface area contributed by atoms with E-state index in [0.29, 0.717) is 35.7 Å². The van der Waals surface area contributed by atoms with Gasteiger partial charge in [-0.2, -0.15) is 13.2 Å². The molecule has 2 N–H and O–H groups in total. The third-order valence-electron chi connectivity index (χ3n) is 5.98. The number of halogens is 3. The fourth-order valence-corrected chi connectivity index (χ4v) is 3.87. The summed E-state index contributed by atoms with van der Waals surface area (Å²) in [6, 6.07) is 12.2. The van der Waals surface area contributed by atoms with E-state index in [2.05, 4.69) is 44.0 Å². The highest BCUT2D eigenvalue weighted by molar-refractivity contribution is 6.05. The maximum absolute atomic E-state index is 13.0. The zero-order valence-corrected chi connectivity index (χ0v) is 20.7. The molecule has 1 aromatic heterocycles. The van der Waals surface area contributed by atoms with Gasteiger partial charge in [0.15, 0.2) is 0 Å². The Labute approximate surface area is 213 Å². The number of benzene rings is 2. The Morgan fingerprint density at radius 1 is 1.16 bits per heavy atom. The van der Waals surface area contributed by atoms with Crippen LogP contribution < -0.4 is 10.1 Å². The molecule has 10 heteroatoms. The van der Waals surface area contributed by atoms with E-state index < -0.39 is 17.8 Å². The molecule has 194 valence electrons. The fourth-order valence-electron chi connectivity index (χ4n) is 3.87. The highest BCUT2D eigenvalue weighted by Crippen LogP contribution is 2.33. The second-order valence-electron chi connectivity index (χ2n) is 8.92. The molecule has 3 aromatic rings. The van der Waals surface area contributed by atoms with Crippen LogP contribution in [0.25, 0.3) is 11.4 Å². The van der Waals surface area contributed by atoms with E-state index in [9.17, 15) is 18.0 Å². The molecule has 0 unspecified atom stereocenters. The number of imidazole rings is 1. The maximum atomic E-state index is 13.0. The molecular weight excluding hydrogens is 483 g/mol. The number of ether oxygens (including phenoxy) is 1. The van der Waals surface area contributed by atoms with Gasteiger partial charge in [0.2, 0.25) is 0 Å². The first-order chi connectivity index (χ1) is 17.7. The van der Waals surface area contributed by atoms with Gasteiger partial charge in [-0.15, -0.1) is 0 Å². The van der Waals surface area contributed by atoms with Gasteiger partial charge in [-0.25, -0.2) is 4.98 Å². The molecule has 1 fully saturated rings. The van der Waals surface area contributed by atoms with Gasteiger partial charge in [-0.1, -0.05) is 18.1 Å². The lowest BCUT2D eigenvalue weighted by atomic mass is 10.1. The summed E-state index contributed by atoms with van der Waals surface area (Å²) in [4.78, 5) is 23.3. The fraction of sp³-hybridized carbons (Fsp3) is 0.333. The second-order valence-corrected chi connectivity index (χ2v) is 8.92. The number of amides is 1. The summed E-state index contributed by atoms with van der Waals surface area (Å²) < 4.78 is 45.0. The molecule has 2 aromatic carbocycles. The van der Waals surface area contributed by atoms with Crippen molar-refractivity contribution in [2.45, 2.75) is 13.1 Å². The maximum Gasteiger partial charge on any atom is 0.432 e. The number of nitrogens with zero attached hydrogens (tertiary/aromatic N) is 3. The van der Waals surface area contributed by atoms with Crippen LogP contribution in [0.5, 0.6) is 5.75 Å². The van der Waals surface area contributed by atoms with E-state index in [0.717, 1.165) is 37.9 Å². The highest BCUT2D eigenvalue weighted by Gasteiger charge is 2.33. The predicted molar refractivity (Wildman–Crippen MR) is 135 cm³/mol. The normalized spacial score (nSPS) is 14.6. The van der Waals surface area contributed by atoms with Gasteiger partial charge in [0, 0.05) is 49.8 Å². The molecule has 0 radical (unpaired) electrons. The summed E-state index contributed by atoms with van der Waals surface area (Å²) in [5, 5.41) is 2.72. The number of piperazine rings is 1. The SMILES string of the molecule is Cc1cccc(C#CC(=O)Nc2cc(-c3ncc(C(F)(F)F)[nH]3)ccc2OCCN2CCN(C)CC2)c1. The minimum absolute atomic E-state index is 0.0256. The van der Waals surface area contributed by atoms with Gasteiger partial charge in [-0.3, -0.25) is 9.69 Å². The van der Waals surface area contributed by atoms with Crippen molar-refractivity contribution in [1.82, 2.24) is 19.8 Å². The van der Waals surface area contributed by atoms with Gasteiger partial charge in [0.1, 0.15) is 23.9 Å². The molecule has 0 saturated carbocycles. The first-order valence-corrected chi connectivity index (χ1v) is 11.9. The third-order valence-corrected chi connectivity index (χ3v) is 5.98. The number of likely N-dealkylation sites (N-methyl/N-ethyl adjacent to an activating group) is 1. The van der Waals surface area contributed by atoms with Crippen molar-refractivity contribution in [3.8, 4) is 29.0 Å². The minimum atomic E-state index is -4.54. The minimum Gasteiger partial charge on any atom is -0.490 e. The van der Waals surface area contributed by atoms with Crippen LogP contribution in [0, 0.1) is 18.8 Å². The molecule has 1 aliphatic rings. The lowest BCUT2D eigenvalue weighted by molar-refractivity contribution is -0.140. The van der Waals surface area contributed by atoms with Crippen molar-refractivity contribution in [2.24, 2.45) is 0 Å². The lowest BCUT2D eigenvalue weighted by Crippen LogP contribution is -2.45. The van der Waals surface area contributed by atoms with E-state index in [1.807, 2.05) is 25.1 Å². The molecule has 1 aliphatic heterocycles. The van der Waals surface area contributed by atoms with Crippen LogP contribution in [0.4, 0.5) is 18.9 Å². The van der Waals surface area contributed by atoms with Crippen molar-refractivity contribution < 1.29 is 22.7 Å². The van der Waals surface area contributed by atoms with E-state index in [1.54, 1.807) is 18.2 Å². The number of alkyl halides is 3. The molecule has 1 saturated heterocycles. The van der Waals surface area contributed by atoms with Crippen molar-refractivity contribution in [3.05, 3.63) is 65.5 Å². The van der Waals surface area contributed by atoms with E-state index in [4.69, 9.17) is 4.74 Å². The standard InChI is InChI=1S/C27H28F3N5O2/c1-19-4-3-5-20(16-19)6-9-25(36)32-22-17-21(26-31-18-24(33-26)27(28,29)30)7-8-23(22)37-15-14-35-12-10-34(2)11-13-35/h3-5,7-8,16-18H,10-15H2,1-2H3,(H,31,33)(H,32,36). The second kappa shape index (κ2) is 11.5. The number of rotatable bonds is 6. The molecule has 0 aliphatic carbocycles. The van der Waals surface area contributed by atoms with Gasteiger partial charge in [0.25, 0.3) is 0 Å². The summed E-state index contributed by atoms with van der Waals surface area (Å²) in [7, 11) is 2.09. The smallest absolute Gasteiger partial charge is 0.432 e. The Bertz CT molecular complexity index is 1300. The quantitative estimate of drug-likeness (QED) is 0.489. The van der Waals surface area contributed by atoms with Crippen LogP contribution in [-0.4, -0.2) is 72.1 Å². The summed E-state index contributed by atoms with van der Waals surface area (Å²) >= 11 is 0. The van der Waals surface area contributed by atoms with Crippen molar-refractivity contribution in [3.63, 3.8) is 0 Å². The molecule has 0 spiro atoms. The number of hydrogen-bond donors (Lipinski definition) is 2. The van der Waals surface area contributed by atoms with Gasteiger partial charge >= 0.3 is 12.1 Å². The molecular formula is C27H28F3N5O2. The van der Waals surface area contributed by atoms with E-state index in [1.165, 1.54) is 6.07 Å². The molecule has 7 nitrogen and oxygen atoms in total. The predicted octanol–water partition coefficient (Wildman–Crippen LogP) is 4.02. The number of aromatic amines is 1. The average Bonchev–Trinajstić information content (AvgIpc) is 3.36. The third kappa shape index (κ3) is 7.35. The summed E-state index contributed by atoms with van der Waals surface area (Å²) in [6.45, 7) is 6.88. The Morgan fingerprint density at radius 2 is 1.95 bits per heavy atom. The van der Waals surface area contributed by atoms with Gasteiger partial charge in [-0.05, 0) is 49.9 Å². The van der Waals surface area contributed by atoms with Gasteiger partial charge < -0.3 is 19.9 Å². The number of carbonyl (C=O) groups excluding carboxylic acids is 1. The number of aryl methyl sites for hydroxylation is 1. The van der Waals surface area contributed by atoms with Crippen LogP contribution >= 0.6 is 0 Å². The summed E-state index contributed by atoms with van der Waals surface area (Å²) in [6.07, 6.45) is -3.80. The Hall–Kier alpha value is -3.81. The first kappa shape index (κ1) is 26.3. The Morgan fingerprint density at radius 3 is 2.65 bits per heavy atom. The number of aromatic nitrogens is 2. The number of H-pyrrole nitrogens is 1. The van der Waals surface area contributed by atoms with Crippen molar-refractivity contribution >= 4 is 11.6 Å². The van der Waals surface area contributed by atoms with Crippen LogP contribution in [0.2, 0.25) is 0 Å². The van der Waals surface area contributed by atoms with Gasteiger partial charge in [0.05, 0.1) is 11.9 Å². The summed E-state index contributed by atoms with van der Waals surface area (Å²) in [5.41, 5.74) is 1.42. The number of nitrogens with one attached hydrogen (secondary N) is 2. The van der Waals surface area contributed by atoms with Crippen LogP contribution in [0.15, 0.2) is 48.7 Å². The van der Waals surface area contributed by atoms with Crippen LogP contribution in [0.3, 0.4) is 0 Å². The molecule has 2 heterocycles. The molecule has 1 amide bonds. The largest absolute Gasteiger partial charge is 0.490 e. The molecule has 0 bridgehead atoms. The van der Waals surface area contributed by atoms with Crippen LogP contribution in [-0.2, 0) is 11.0 Å². The number of carbonyl (C=O) groups is 1. The average molecular weight is 512 g/mol. The van der Waals surface area contributed by atoms with Crippen molar-refractivity contribution in [2.75, 3.05) is 51.7 Å². The lowest BCUT2D eigenvalue weighted by Gasteiger charge is -2.32. The number of anilines is 1. The topological polar surface area (TPSA) is 73.5 Å². The Kier molecular flexibility index (Phi) is 8.16. The summed E-state index contributed by atoms with van der Waals surface area (Å²) in [5.74, 6) is 5.23. The number of hydrogen-bond acceptors (Lipinski definition) is 5. The zero-order chi connectivity index (χ0) is 26.4.